The van der Waals surface area contributed by atoms with Gasteiger partial charge >= 0.3 is 0 Å². The normalized spacial score (nSPS) is 11.8. The molecule has 0 unspecified atom stereocenters. The molecule has 0 spiro atoms. The number of aliphatic hydroxyl groups is 1. The SMILES string of the molecule is Cc1[nH]ncc1CNS(=O)(=O)c1ccc(F)c(CO)c1. The number of aromatic nitrogens is 2. The molecule has 0 atom stereocenters. The van der Waals surface area contributed by atoms with Gasteiger partial charge in [0, 0.05) is 23.4 Å². The Kier molecular flexibility index (Phi) is 4.17. The van der Waals surface area contributed by atoms with Crippen molar-refractivity contribution in [2.24, 2.45) is 0 Å². The van der Waals surface area contributed by atoms with Crippen molar-refractivity contribution in [2.75, 3.05) is 0 Å². The van der Waals surface area contributed by atoms with Crippen molar-refractivity contribution < 1.29 is 17.9 Å². The topological polar surface area (TPSA) is 95.1 Å². The molecule has 1 aromatic carbocycles. The summed E-state index contributed by atoms with van der Waals surface area (Å²) >= 11 is 0. The van der Waals surface area contributed by atoms with Gasteiger partial charge in [0.1, 0.15) is 5.82 Å². The summed E-state index contributed by atoms with van der Waals surface area (Å²) in [5.41, 5.74) is 1.42. The third kappa shape index (κ3) is 3.03. The zero-order valence-electron chi connectivity index (χ0n) is 10.7. The van der Waals surface area contributed by atoms with Gasteiger partial charge in [0.2, 0.25) is 10.0 Å². The molecular formula is C12H14FN3O3S. The highest BCUT2D eigenvalue weighted by Gasteiger charge is 2.16. The van der Waals surface area contributed by atoms with E-state index in [0.29, 0.717) is 0 Å². The number of hydrogen-bond donors (Lipinski definition) is 3. The first-order valence-electron chi connectivity index (χ1n) is 5.82. The minimum Gasteiger partial charge on any atom is -0.392 e. The molecule has 2 rings (SSSR count). The van der Waals surface area contributed by atoms with E-state index in [4.69, 9.17) is 5.11 Å². The van der Waals surface area contributed by atoms with Gasteiger partial charge < -0.3 is 5.11 Å². The van der Waals surface area contributed by atoms with E-state index < -0.39 is 22.4 Å². The van der Waals surface area contributed by atoms with Gasteiger partial charge in [0.05, 0.1) is 17.7 Å². The van der Waals surface area contributed by atoms with Gasteiger partial charge in [-0.05, 0) is 25.1 Å². The lowest BCUT2D eigenvalue weighted by Crippen LogP contribution is -2.23. The molecule has 0 saturated carbocycles. The minimum absolute atomic E-state index is 0.0626. The Morgan fingerprint density at radius 1 is 1.40 bits per heavy atom. The largest absolute Gasteiger partial charge is 0.392 e. The van der Waals surface area contributed by atoms with E-state index in [9.17, 15) is 12.8 Å². The molecule has 6 nitrogen and oxygen atoms in total. The van der Waals surface area contributed by atoms with E-state index in [1.807, 2.05) is 0 Å². The summed E-state index contributed by atoms with van der Waals surface area (Å²) in [6, 6.07) is 3.28. The standard InChI is InChI=1S/C12H14FN3O3S/c1-8-10(5-14-16-8)6-15-20(18,19)11-2-3-12(13)9(4-11)7-17/h2-5,15,17H,6-7H2,1H3,(H,14,16). The maximum Gasteiger partial charge on any atom is 0.240 e. The van der Waals surface area contributed by atoms with E-state index >= 15 is 0 Å². The van der Waals surface area contributed by atoms with Crippen LogP contribution in [0.2, 0.25) is 0 Å². The number of aliphatic hydroxyl groups excluding tert-OH is 1. The van der Waals surface area contributed by atoms with Crippen LogP contribution in [-0.2, 0) is 23.2 Å². The molecule has 2 aromatic rings. The first-order chi connectivity index (χ1) is 9.44. The molecule has 108 valence electrons. The van der Waals surface area contributed by atoms with Crippen molar-refractivity contribution in [3.05, 3.63) is 47.0 Å². The number of rotatable bonds is 5. The number of benzene rings is 1. The van der Waals surface area contributed by atoms with E-state index in [2.05, 4.69) is 14.9 Å². The summed E-state index contributed by atoms with van der Waals surface area (Å²) < 4.78 is 39.8. The maximum absolute atomic E-state index is 13.2. The molecule has 0 aliphatic carbocycles. The molecule has 0 saturated heterocycles. The third-order valence-corrected chi connectivity index (χ3v) is 4.28. The Labute approximate surface area is 115 Å². The maximum atomic E-state index is 13.2. The molecule has 8 heteroatoms. The van der Waals surface area contributed by atoms with Gasteiger partial charge in [-0.1, -0.05) is 0 Å². The molecule has 1 heterocycles. The van der Waals surface area contributed by atoms with Crippen LogP contribution in [0.3, 0.4) is 0 Å². The molecular weight excluding hydrogens is 285 g/mol. The number of hydrogen-bond acceptors (Lipinski definition) is 4. The monoisotopic (exact) mass is 299 g/mol. The lowest BCUT2D eigenvalue weighted by atomic mass is 10.2. The van der Waals surface area contributed by atoms with E-state index in [-0.39, 0.29) is 17.0 Å². The fourth-order valence-corrected chi connectivity index (χ4v) is 2.71. The summed E-state index contributed by atoms with van der Waals surface area (Å²) in [4.78, 5) is -0.0934. The molecule has 0 aliphatic heterocycles. The first kappa shape index (κ1) is 14.6. The minimum atomic E-state index is -3.77. The first-order valence-corrected chi connectivity index (χ1v) is 7.30. The van der Waals surface area contributed by atoms with Crippen molar-refractivity contribution >= 4 is 10.0 Å². The van der Waals surface area contributed by atoms with Crippen LogP contribution in [0.1, 0.15) is 16.8 Å². The van der Waals surface area contributed by atoms with Gasteiger partial charge in [-0.3, -0.25) is 5.10 Å². The van der Waals surface area contributed by atoms with Gasteiger partial charge in [-0.25, -0.2) is 17.5 Å². The number of sulfonamides is 1. The molecule has 1 aromatic heterocycles. The van der Waals surface area contributed by atoms with Crippen molar-refractivity contribution in [3.63, 3.8) is 0 Å². The Bertz CT molecular complexity index is 712. The molecule has 0 aliphatic rings. The van der Waals surface area contributed by atoms with Crippen LogP contribution in [0.5, 0.6) is 0 Å². The average Bonchev–Trinajstić information content (AvgIpc) is 2.82. The average molecular weight is 299 g/mol. The fourth-order valence-electron chi connectivity index (χ4n) is 1.65. The predicted molar refractivity (Wildman–Crippen MR) is 69.7 cm³/mol. The van der Waals surface area contributed by atoms with Crippen molar-refractivity contribution in [3.8, 4) is 0 Å². The number of nitrogens with zero attached hydrogens (tertiary/aromatic N) is 1. The highest BCUT2D eigenvalue weighted by molar-refractivity contribution is 7.89. The summed E-state index contributed by atoms with van der Waals surface area (Å²) in [7, 11) is -3.77. The highest BCUT2D eigenvalue weighted by atomic mass is 32.2. The second-order valence-corrected chi connectivity index (χ2v) is 6.02. The van der Waals surface area contributed by atoms with Crippen LogP contribution in [0.4, 0.5) is 4.39 Å². The molecule has 20 heavy (non-hydrogen) atoms. The van der Waals surface area contributed by atoms with Crippen LogP contribution in [0.25, 0.3) is 0 Å². The smallest absolute Gasteiger partial charge is 0.240 e. The molecule has 0 fully saturated rings. The molecule has 0 radical (unpaired) electrons. The number of aromatic amines is 1. The third-order valence-electron chi connectivity index (χ3n) is 2.88. The Balaban J connectivity index is 2.20. The number of halogens is 1. The van der Waals surface area contributed by atoms with Gasteiger partial charge in [-0.15, -0.1) is 0 Å². The second-order valence-electron chi connectivity index (χ2n) is 4.26. The van der Waals surface area contributed by atoms with Crippen LogP contribution in [-0.4, -0.2) is 23.7 Å². The number of nitrogens with one attached hydrogen (secondary N) is 2. The number of H-pyrrole nitrogens is 1. The van der Waals surface area contributed by atoms with E-state index in [0.717, 1.165) is 29.5 Å². The van der Waals surface area contributed by atoms with Crippen LogP contribution in [0.15, 0.2) is 29.3 Å². The van der Waals surface area contributed by atoms with Gasteiger partial charge in [0.15, 0.2) is 0 Å². The second kappa shape index (κ2) is 5.70. The number of aryl methyl sites for hydroxylation is 1. The molecule has 0 amide bonds. The summed E-state index contributed by atoms with van der Waals surface area (Å²) in [5.74, 6) is -0.642. The summed E-state index contributed by atoms with van der Waals surface area (Å²) in [6.07, 6.45) is 1.53. The highest BCUT2D eigenvalue weighted by Crippen LogP contribution is 2.15. The zero-order valence-corrected chi connectivity index (χ0v) is 11.5. The van der Waals surface area contributed by atoms with E-state index in [1.54, 1.807) is 6.92 Å². The Morgan fingerprint density at radius 2 is 2.15 bits per heavy atom. The van der Waals surface area contributed by atoms with Crippen molar-refractivity contribution in [1.29, 1.82) is 0 Å². The summed E-state index contributed by atoms with van der Waals surface area (Å²) in [5, 5.41) is 15.5. The van der Waals surface area contributed by atoms with Crippen molar-refractivity contribution in [2.45, 2.75) is 25.0 Å². The van der Waals surface area contributed by atoms with E-state index in [1.165, 1.54) is 6.20 Å². The lowest BCUT2D eigenvalue weighted by molar-refractivity contribution is 0.275. The van der Waals surface area contributed by atoms with Crippen LogP contribution in [0, 0.1) is 12.7 Å². The zero-order chi connectivity index (χ0) is 14.8. The van der Waals surface area contributed by atoms with Crippen LogP contribution < -0.4 is 4.72 Å². The van der Waals surface area contributed by atoms with Crippen LogP contribution >= 0.6 is 0 Å². The predicted octanol–water partition coefficient (Wildman–Crippen LogP) is 0.828. The lowest BCUT2D eigenvalue weighted by Gasteiger charge is -2.08. The van der Waals surface area contributed by atoms with Crippen molar-refractivity contribution in [1.82, 2.24) is 14.9 Å². The Hall–Kier alpha value is -1.77. The molecule has 3 N–H and O–H groups in total. The Morgan fingerprint density at radius 3 is 2.75 bits per heavy atom. The summed E-state index contributed by atoms with van der Waals surface area (Å²) in [6.45, 7) is 1.30. The quantitative estimate of drug-likeness (QED) is 0.762. The van der Waals surface area contributed by atoms with Gasteiger partial charge in [-0.2, -0.15) is 5.10 Å². The molecule has 0 bridgehead atoms. The van der Waals surface area contributed by atoms with Gasteiger partial charge in [0.25, 0.3) is 0 Å². The fraction of sp³-hybridized carbons (Fsp3) is 0.250.